The number of anilines is 2. The lowest BCUT2D eigenvalue weighted by Crippen LogP contribution is -2.42. The highest BCUT2D eigenvalue weighted by atomic mass is 35.5. The van der Waals surface area contributed by atoms with Crippen LogP contribution in [-0.4, -0.2) is 56.0 Å². The van der Waals surface area contributed by atoms with Crippen molar-refractivity contribution in [2.45, 2.75) is 6.54 Å². The van der Waals surface area contributed by atoms with E-state index in [-0.39, 0.29) is 12.4 Å². The van der Waals surface area contributed by atoms with Crippen molar-refractivity contribution in [3.05, 3.63) is 60.2 Å². The molecule has 1 aliphatic rings. The van der Waals surface area contributed by atoms with Crippen LogP contribution in [0.5, 0.6) is 0 Å². The minimum Gasteiger partial charge on any atom is -0.324 e. The minimum absolute atomic E-state index is 0. The number of fused-ring (bicyclic) bond motifs is 1. The standard InChI is InChI=1S/C22H21N9.ClH/c23-12-17-11-19(27-14-26-17)16-1-2-18-20(10-16)29-22(28-18)30-21-9-15(3-4-25-21)13-31-7-5-24-6-8-31;/h1-4,9-11,14,24H,5-8,13H2,(H2,25,28,29,30);1H. The number of H-pyrrole nitrogens is 1. The van der Waals surface area contributed by atoms with Gasteiger partial charge in [0.25, 0.3) is 0 Å². The molecule has 162 valence electrons. The third kappa shape index (κ3) is 4.84. The first-order valence-corrected chi connectivity index (χ1v) is 10.1. The van der Waals surface area contributed by atoms with E-state index in [1.54, 1.807) is 6.07 Å². The topological polar surface area (TPSA) is 118 Å². The minimum atomic E-state index is 0. The van der Waals surface area contributed by atoms with Gasteiger partial charge in [-0.1, -0.05) is 6.07 Å². The Kier molecular flexibility index (Phi) is 6.56. The van der Waals surface area contributed by atoms with Crippen LogP contribution >= 0.6 is 12.4 Å². The van der Waals surface area contributed by atoms with Gasteiger partial charge in [0.1, 0.15) is 23.9 Å². The van der Waals surface area contributed by atoms with Gasteiger partial charge in [0.2, 0.25) is 5.95 Å². The number of hydrogen-bond donors (Lipinski definition) is 3. The zero-order valence-corrected chi connectivity index (χ0v) is 18.1. The van der Waals surface area contributed by atoms with E-state index in [0.29, 0.717) is 17.3 Å². The highest BCUT2D eigenvalue weighted by Crippen LogP contribution is 2.24. The van der Waals surface area contributed by atoms with Gasteiger partial charge in [-0.15, -0.1) is 12.4 Å². The van der Waals surface area contributed by atoms with Crippen LogP contribution in [0.25, 0.3) is 22.3 Å². The highest BCUT2D eigenvalue weighted by molar-refractivity contribution is 5.85. The van der Waals surface area contributed by atoms with E-state index in [1.165, 1.54) is 11.9 Å². The van der Waals surface area contributed by atoms with Crippen LogP contribution in [0.3, 0.4) is 0 Å². The second kappa shape index (κ2) is 9.70. The quantitative estimate of drug-likeness (QED) is 0.427. The summed E-state index contributed by atoms with van der Waals surface area (Å²) in [5.41, 5.74) is 4.84. The molecular weight excluding hydrogens is 426 g/mol. The summed E-state index contributed by atoms with van der Waals surface area (Å²) in [6.07, 6.45) is 3.22. The number of hydrogen-bond acceptors (Lipinski definition) is 8. The van der Waals surface area contributed by atoms with Gasteiger partial charge in [0, 0.05) is 50.6 Å². The largest absolute Gasteiger partial charge is 0.324 e. The fourth-order valence-electron chi connectivity index (χ4n) is 3.69. The van der Waals surface area contributed by atoms with E-state index in [4.69, 9.17) is 5.26 Å². The maximum absolute atomic E-state index is 9.06. The molecule has 3 N–H and O–H groups in total. The fourth-order valence-corrected chi connectivity index (χ4v) is 3.69. The van der Waals surface area contributed by atoms with E-state index in [0.717, 1.165) is 55.1 Å². The summed E-state index contributed by atoms with van der Waals surface area (Å²) in [6.45, 7) is 5.08. The Morgan fingerprint density at radius 3 is 2.78 bits per heavy atom. The van der Waals surface area contributed by atoms with Crippen LogP contribution in [0, 0.1) is 11.3 Å². The van der Waals surface area contributed by atoms with Crippen LogP contribution in [-0.2, 0) is 6.54 Å². The molecular formula is C22H22ClN9. The molecule has 0 unspecified atom stereocenters. The first-order chi connectivity index (χ1) is 15.3. The van der Waals surface area contributed by atoms with Gasteiger partial charge in [0.05, 0.1) is 16.7 Å². The number of aromatic nitrogens is 5. The summed E-state index contributed by atoms with van der Waals surface area (Å²) >= 11 is 0. The molecule has 5 rings (SSSR count). The predicted octanol–water partition coefficient (Wildman–Crippen LogP) is 2.86. The van der Waals surface area contributed by atoms with E-state index in [9.17, 15) is 0 Å². The van der Waals surface area contributed by atoms with Crippen molar-refractivity contribution in [2.24, 2.45) is 0 Å². The fraction of sp³-hybridized carbons (Fsp3) is 0.227. The molecule has 3 aromatic heterocycles. The van der Waals surface area contributed by atoms with Gasteiger partial charge in [-0.25, -0.2) is 19.9 Å². The lowest BCUT2D eigenvalue weighted by molar-refractivity contribution is 0.233. The van der Waals surface area contributed by atoms with Crippen LogP contribution in [0.4, 0.5) is 11.8 Å². The van der Waals surface area contributed by atoms with Crippen LogP contribution in [0.2, 0.25) is 0 Å². The zero-order valence-electron chi connectivity index (χ0n) is 17.2. The molecule has 10 heteroatoms. The van der Waals surface area contributed by atoms with Crippen LogP contribution in [0.15, 0.2) is 48.9 Å². The molecule has 0 saturated carbocycles. The number of rotatable bonds is 5. The normalized spacial score (nSPS) is 14.0. The molecule has 1 aromatic carbocycles. The van der Waals surface area contributed by atoms with Gasteiger partial charge in [-0.05, 0) is 29.8 Å². The summed E-state index contributed by atoms with van der Waals surface area (Å²) in [6, 6.07) is 13.6. The van der Waals surface area contributed by atoms with Crippen molar-refractivity contribution in [2.75, 3.05) is 31.5 Å². The predicted molar refractivity (Wildman–Crippen MR) is 125 cm³/mol. The lowest BCUT2D eigenvalue weighted by Gasteiger charge is -2.27. The molecule has 0 aliphatic carbocycles. The summed E-state index contributed by atoms with van der Waals surface area (Å²) in [7, 11) is 0. The molecule has 32 heavy (non-hydrogen) atoms. The average molecular weight is 448 g/mol. The number of pyridine rings is 1. The average Bonchev–Trinajstić information content (AvgIpc) is 3.21. The number of halogens is 1. The Labute approximate surface area is 191 Å². The van der Waals surface area contributed by atoms with Gasteiger partial charge in [0.15, 0.2) is 0 Å². The van der Waals surface area contributed by atoms with Gasteiger partial charge in [-0.3, -0.25) is 4.90 Å². The van der Waals surface area contributed by atoms with Gasteiger partial charge in [-0.2, -0.15) is 5.26 Å². The summed E-state index contributed by atoms with van der Waals surface area (Å²) in [5.74, 6) is 1.38. The van der Waals surface area contributed by atoms with Crippen molar-refractivity contribution < 1.29 is 0 Å². The molecule has 0 spiro atoms. The van der Waals surface area contributed by atoms with Gasteiger partial charge >= 0.3 is 0 Å². The first kappa shape index (κ1) is 21.6. The summed E-state index contributed by atoms with van der Waals surface area (Å²) in [5, 5.41) is 15.7. The smallest absolute Gasteiger partial charge is 0.206 e. The Morgan fingerprint density at radius 2 is 1.94 bits per heavy atom. The number of nitrogens with one attached hydrogen (secondary N) is 3. The van der Waals surface area contributed by atoms with E-state index in [1.807, 2.05) is 30.5 Å². The highest BCUT2D eigenvalue weighted by Gasteiger charge is 2.11. The second-order valence-electron chi connectivity index (χ2n) is 7.42. The number of nitrogens with zero attached hydrogens (tertiary/aromatic N) is 6. The number of nitriles is 1. The third-order valence-electron chi connectivity index (χ3n) is 5.25. The Balaban J connectivity index is 0.00000245. The first-order valence-electron chi connectivity index (χ1n) is 10.1. The molecule has 1 aliphatic heterocycles. The molecule has 0 bridgehead atoms. The molecule has 4 aromatic rings. The van der Waals surface area contributed by atoms with Crippen LogP contribution in [0.1, 0.15) is 11.3 Å². The Hall–Kier alpha value is -3.58. The summed E-state index contributed by atoms with van der Waals surface area (Å²) < 4.78 is 0. The third-order valence-corrected chi connectivity index (χ3v) is 5.25. The SMILES string of the molecule is Cl.N#Cc1cc(-c2ccc3nc(Nc4cc(CN5CCNCC5)ccn4)[nH]c3c2)ncn1. The van der Waals surface area contributed by atoms with Crippen molar-refractivity contribution in [1.82, 2.24) is 35.1 Å². The van der Waals surface area contributed by atoms with E-state index < -0.39 is 0 Å². The molecule has 9 nitrogen and oxygen atoms in total. The maximum atomic E-state index is 9.06. The molecule has 0 atom stereocenters. The number of aromatic amines is 1. The van der Waals surface area contributed by atoms with Crippen LogP contribution < -0.4 is 10.6 Å². The monoisotopic (exact) mass is 447 g/mol. The van der Waals surface area contributed by atoms with Crippen molar-refractivity contribution in [3.63, 3.8) is 0 Å². The molecule has 1 saturated heterocycles. The Morgan fingerprint density at radius 1 is 1.06 bits per heavy atom. The second-order valence-corrected chi connectivity index (χ2v) is 7.42. The molecule has 4 heterocycles. The summed E-state index contributed by atoms with van der Waals surface area (Å²) in [4.78, 5) is 23.0. The van der Waals surface area contributed by atoms with Crippen molar-refractivity contribution in [3.8, 4) is 17.3 Å². The molecule has 0 radical (unpaired) electrons. The molecule has 0 amide bonds. The van der Waals surface area contributed by atoms with Crippen molar-refractivity contribution in [1.29, 1.82) is 5.26 Å². The maximum Gasteiger partial charge on any atom is 0.206 e. The van der Waals surface area contributed by atoms with Gasteiger partial charge < -0.3 is 15.6 Å². The molecule has 1 fully saturated rings. The Bertz CT molecular complexity index is 1260. The number of imidazole rings is 1. The zero-order chi connectivity index (χ0) is 21.0. The number of piperazine rings is 1. The van der Waals surface area contributed by atoms with E-state index >= 15 is 0 Å². The number of benzene rings is 1. The van der Waals surface area contributed by atoms with Crippen molar-refractivity contribution >= 4 is 35.2 Å². The lowest BCUT2D eigenvalue weighted by atomic mass is 10.1. The van der Waals surface area contributed by atoms with E-state index in [2.05, 4.69) is 52.6 Å².